The van der Waals surface area contributed by atoms with E-state index in [2.05, 4.69) is 5.32 Å². The van der Waals surface area contributed by atoms with Gasteiger partial charge >= 0.3 is 0 Å². The van der Waals surface area contributed by atoms with Gasteiger partial charge in [0, 0.05) is 30.5 Å². The molecule has 0 bridgehead atoms. The lowest BCUT2D eigenvalue weighted by atomic mass is 9.99. The molecule has 0 fully saturated rings. The summed E-state index contributed by atoms with van der Waals surface area (Å²) in [7, 11) is 3.83. The van der Waals surface area contributed by atoms with Gasteiger partial charge in [-0.05, 0) is 73.4 Å². The Morgan fingerprint density at radius 2 is 1.55 bits per heavy atom. The number of imide groups is 1. The number of carbonyl (C=O) groups excluding carboxylic acids is 2. The predicted octanol–water partition coefficient (Wildman–Crippen LogP) is 5.73. The van der Waals surface area contributed by atoms with E-state index in [0.29, 0.717) is 27.5 Å². The molecule has 5 nitrogen and oxygen atoms in total. The third-order valence-electron chi connectivity index (χ3n) is 5.93. The van der Waals surface area contributed by atoms with Gasteiger partial charge in [0.15, 0.2) is 0 Å². The highest BCUT2D eigenvalue weighted by Gasteiger charge is 2.40. The SMILES string of the molecule is Cc1ccc(C2=C(Nc3ccc(C)c(Cl)c3)C(=O)N(c3cccc(N(C)C)c3)C2=O)cc1C. The van der Waals surface area contributed by atoms with Crippen molar-refractivity contribution in [1.82, 2.24) is 0 Å². The fraction of sp³-hybridized carbons (Fsp3) is 0.185. The Balaban J connectivity index is 1.84. The first-order valence-corrected chi connectivity index (χ1v) is 11.1. The monoisotopic (exact) mass is 459 g/mol. The van der Waals surface area contributed by atoms with E-state index >= 15 is 0 Å². The van der Waals surface area contributed by atoms with Crippen molar-refractivity contribution < 1.29 is 9.59 Å². The van der Waals surface area contributed by atoms with Gasteiger partial charge in [-0.3, -0.25) is 9.59 Å². The summed E-state index contributed by atoms with van der Waals surface area (Å²) in [6.45, 7) is 5.92. The second kappa shape index (κ2) is 8.75. The van der Waals surface area contributed by atoms with E-state index < -0.39 is 5.91 Å². The second-order valence-corrected chi connectivity index (χ2v) is 8.91. The van der Waals surface area contributed by atoms with Gasteiger partial charge in [0.1, 0.15) is 5.70 Å². The standard InChI is InChI=1S/C27H26ClN3O2/c1-16-9-11-19(13-18(16)3)24-25(29-20-12-10-17(2)23(28)14-20)27(33)31(26(24)32)22-8-6-7-21(15-22)30(4)5/h6-15,29H,1-5H3. The molecule has 1 aliphatic rings. The number of amides is 2. The molecule has 1 N–H and O–H groups in total. The zero-order chi connectivity index (χ0) is 23.9. The number of halogens is 1. The van der Waals surface area contributed by atoms with Crippen LogP contribution in [0.5, 0.6) is 0 Å². The van der Waals surface area contributed by atoms with E-state index in [1.165, 1.54) is 4.90 Å². The quantitative estimate of drug-likeness (QED) is 0.495. The van der Waals surface area contributed by atoms with Crippen molar-refractivity contribution in [3.8, 4) is 0 Å². The fourth-order valence-corrected chi connectivity index (χ4v) is 3.95. The molecule has 0 aliphatic carbocycles. The molecule has 0 saturated heterocycles. The third kappa shape index (κ3) is 4.24. The zero-order valence-corrected chi connectivity index (χ0v) is 20.1. The van der Waals surface area contributed by atoms with Crippen LogP contribution in [0.3, 0.4) is 0 Å². The first-order chi connectivity index (χ1) is 15.7. The highest BCUT2D eigenvalue weighted by Crippen LogP contribution is 2.36. The maximum Gasteiger partial charge on any atom is 0.282 e. The molecule has 0 atom stereocenters. The number of nitrogens with one attached hydrogen (secondary N) is 1. The molecule has 0 unspecified atom stereocenters. The topological polar surface area (TPSA) is 52.7 Å². The lowest BCUT2D eigenvalue weighted by molar-refractivity contribution is -0.120. The van der Waals surface area contributed by atoms with Gasteiger partial charge in [-0.25, -0.2) is 4.90 Å². The lowest BCUT2D eigenvalue weighted by Gasteiger charge is -2.19. The Morgan fingerprint density at radius 3 is 2.21 bits per heavy atom. The van der Waals surface area contributed by atoms with Gasteiger partial charge in [-0.1, -0.05) is 41.9 Å². The van der Waals surface area contributed by atoms with Crippen LogP contribution in [0.4, 0.5) is 17.1 Å². The molecular formula is C27H26ClN3O2. The van der Waals surface area contributed by atoms with Gasteiger partial charge in [0.05, 0.1) is 11.3 Å². The molecule has 33 heavy (non-hydrogen) atoms. The van der Waals surface area contributed by atoms with E-state index in [1.807, 2.05) is 88.3 Å². The fourth-order valence-electron chi connectivity index (χ4n) is 3.77. The second-order valence-electron chi connectivity index (χ2n) is 8.50. The van der Waals surface area contributed by atoms with Crippen molar-refractivity contribution in [3.63, 3.8) is 0 Å². The molecule has 0 saturated carbocycles. The Labute approximate surface area is 199 Å². The first kappa shape index (κ1) is 22.6. The summed E-state index contributed by atoms with van der Waals surface area (Å²) in [4.78, 5) is 30.5. The van der Waals surface area contributed by atoms with Crippen molar-refractivity contribution in [3.05, 3.63) is 93.6 Å². The molecule has 2 amide bonds. The van der Waals surface area contributed by atoms with Gasteiger partial charge in [0.2, 0.25) is 0 Å². The van der Waals surface area contributed by atoms with Crippen LogP contribution in [0.25, 0.3) is 5.57 Å². The van der Waals surface area contributed by atoms with Crippen LogP contribution in [0, 0.1) is 20.8 Å². The summed E-state index contributed by atoms with van der Waals surface area (Å²) < 4.78 is 0. The minimum absolute atomic E-state index is 0.235. The van der Waals surface area contributed by atoms with Gasteiger partial charge < -0.3 is 10.2 Å². The van der Waals surface area contributed by atoms with E-state index in [1.54, 1.807) is 12.1 Å². The Kier molecular flexibility index (Phi) is 6.00. The van der Waals surface area contributed by atoms with Gasteiger partial charge in [-0.15, -0.1) is 0 Å². The van der Waals surface area contributed by atoms with Crippen molar-refractivity contribution in [2.75, 3.05) is 29.2 Å². The number of rotatable bonds is 5. The van der Waals surface area contributed by atoms with Crippen LogP contribution in [0.1, 0.15) is 22.3 Å². The Bertz CT molecular complexity index is 1310. The highest BCUT2D eigenvalue weighted by molar-refractivity contribution is 6.46. The summed E-state index contributed by atoms with van der Waals surface area (Å²) >= 11 is 6.30. The van der Waals surface area contributed by atoms with E-state index in [0.717, 1.165) is 22.4 Å². The van der Waals surface area contributed by atoms with Gasteiger partial charge in [-0.2, -0.15) is 0 Å². The average molecular weight is 460 g/mol. The van der Waals surface area contributed by atoms with Crippen LogP contribution in [-0.2, 0) is 9.59 Å². The van der Waals surface area contributed by atoms with E-state index in [-0.39, 0.29) is 11.6 Å². The number of hydrogen-bond donors (Lipinski definition) is 1. The maximum absolute atomic E-state index is 13.7. The van der Waals surface area contributed by atoms with E-state index in [9.17, 15) is 9.59 Å². The Hall–Kier alpha value is -3.57. The van der Waals surface area contributed by atoms with Gasteiger partial charge in [0.25, 0.3) is 11.8 Å². The molecule has 0 radical (unpaired) electrons. The molecule has 3 aromatic carbocycles. The highest BCUT2D eigenvalue weighted by atomic mass is 35.5. The van der Waals surface area contributed by atoms with Crippen molar-refractivity contribution >= 4 is 46.1 Å². The number of benzene rings is 3. The van der Waals surface area contributed by atoms with Crippen LogP contribution in [-0.4, -0.2) is 25.9 Å². The normalized spacial score (nSPS) is 13.7. The molecule has 3 aromatic rings. The molecule has 0 spiro atoms. The van der Waals surface area contributed by atoms with Crippen molar-refractivity contribution in [2.45, 2.75) is 20.8 Å². The summed E-state index contributed by atoms with van der Waals surface area (Å²) in [5, 5.41) is 3.77. The minimum atomic E-state index is -0.402. The number of carbonyl (C=O) groups is 2. The minimum Gasteiger partial charge on any atom is -0.378 e. The van der Waals surface area contributed by atoms with Crippen LogP contribution < -0.4 is 15.1 Å². The van der Waals surface area contributed by atoms with Crippen LogP contribution >= 0.6 is 11.6 Å². The van der Waals surface area contributed by atoms with Crippen LogP contribution in [0.2, 0.25) is 5.02 Å². The molecule has 0 aromatic heterocycles. The van der Waals surface area contributed by atoms with E-state index in [4.69, 9.17) is 11.6 Å². The number of hydrogen-bond acceptors (Lipinski definition) is 4. The summed E-state index contributed by atoms with van der Waals surface area (Å²) in [5.74, 6) is -0.763. The Morgan fingerprint density at radius 1 is 0.818 bits per heavy atom. The number of anilines is 3. The summed E-state index contributed by atoms with van der Waals surface area (Å²) in [5.41, 5.74) is 6.44. The number of aryl methyl sites for hydroxylation is 3. The average Bonchev–Trinajstić information content (AvgIpc) is 3.02. The molecule has 1 aliphatic heterocycles. The molecule has 4 rings (SSSR count). The maximum atomic E-state index is 13.7. The molecule has 6 heteroatoms. The van der Waals surface area contributed by atoms with Crippen molar-refractivity contribution in [2.24, 2.45) is 0 Å². The molecule has 1 heterocycles. The third-order valence-corrected chi connectivity index (χ3v) is 6.33. The molecule has 168 valence electrons. The zero-order valence-electron chi connectivity index (χ0n) is 19.4. The number of nitrogens with zero attached hydrogens (tertiary/aromatic N) is 2. The lowest BCUT2D eigenvalue weighted by Crippen LogP contribution is -2.32. The predicted molar refractivity (Wildman–Crippen MR) is 136 cm³/mol. The molecular weight excluding hydrogens is 434 g/mol. The first-order valence-electron chi connectivity index (χ1n) is 10.7. The van der Waals surface area contributed by atoms with Crippen molar-refractivity contribution in [1.29, 1.82) is 0 Å². The smallest absolute Gasteiger partial charge is 0.282 e. The summed E-state index contributed by atoms with van der Waals surface area (Å²) in [6, 6.07) is 18.6. The van der Waals surface area contributed by atoms with Crippen LogP contribution in [0.15, 0.2) is 66.4 Å². The largest absolute Gasteiger partial charge is 0.378 e. The summed E-state index contributed by atoms with van der Waals surface area (Å²) in [6.07, 6.45) is 0.